The van der Waals surface area contributed by atoms with Gasteiger partial charge in [0.2, 0.25) is 0 Å². The van der Waals surface area contributed by atoms with E-state index in [-0.39, 0.29) is 6.61 Å². The number of hydrogen-bond acceptors (Lipinski definition) is 5. The van der Waals surface area contributed by atoms with E-state index in [1.54, 1.807) is 31.2 Å². The van der Waals surface area contributed by atoms with E-state index in [1.807, 2.05) is 30.3 Å². The molecule has 2 aromatic rings. The van der Waals surface area contributed by atoms with E-state index in [2.05, 4.69) is 5.09 Å². The zero-order valence-electron chi connectivity index (χ0n) is 13.2. The molecule has 0 fully saturated rings. The first kappa shape index (κ1) is 16.6. The van der Waals surface area contributed by atoms with Gasteiger partial charge >= 0.3 is 13.7 Å². The quantitative estimate of drug-likeness (QED) is 0.638. The van der Waals surface area contributed by atoms with Crippen molar-refractivity contribution in [1.82, 2.24) is 5.09 Å². The number of hydrogen-bond donors (Lipinski definition) is 1. The van der Waals surface area contributed by atoms with Crippen molar-refractivity contribution in [2.75, 3.05) is 6.61 Å². The molecule has 24 heavy (non-hydrogen) atoms. The van der Waals surface area contributed by atoms with E-state index in [4.69, 9.17) is 13.8 Å². The van der Waals surface area contributed by atoms with Crippen LogP contribution in [0.1, 0.15) is 12.5 Å². The maximum Gasteiger partial charge on any atom is 0.513 e. The lowest BCUT2D eigenvalue weighted by Crippen LogP contribution is -2.39. The van der Waals surface area contributed by atoms with E-state index in [1.165, 1.54) is 0 Å². The number of esters is 1. The average Bonchev–Trinajstić information content (AvgIpc) is 2.91. The van der Waals surface area contributed by atoms with Gasteiger partial charge in [-0.15, -0.1) is 0 Å². The predicted octanol–water partition coefficient (Wildman–Crippen LogP) is 3.33. The highest BCUT2D eigenvalue weighted by atomic mass is 31.2. The van der Waals surface area contributed by atoms with Gasteiger partial charge in [-0.05, 0) is 31.0 Å². The topological polar surface area (TPSA) is 73.9 Å². The maximum absolute atomic E-state index is 12.8. The second-order valence-electron chi connectivity index (χ2n) is 5.25. The molecule has 0 spiro atoms. The van der Waals surface area contributed by atoms with Crippen LogP contribution in [0.15, 0.2) is 54.6 Å². The van der Waals surface area contributed by atoms with Crippen molar-refractivity contribution in [3.63, 3.8) is 0 Å². The van der Waals surface area contributed by atoms with Crippen LogP contribution in [-0.2, 0) is 20.5 Å². The van der Waals surface area contributed by atoms with Crippen molar-refractivity contribution < 1.29 is 23.1 Å². The third-order valence-corrected chi connectivity index (χ3v) is 4.96. The first-order valence-electron chi connectivity index (χ1n) is 7.66. The highest BCUT2D eigenvalue weighted by Gasteiger charge is 2.41. The van der Waals surface area contributed by atoms with Crippen LogP contribution < -0.4 is 14.1 Å². The summed E-state index contributed by atoms with van der Waals surface area (Å²) in [6.07, 6.45) is 0.312. The monoisotopic (exact) mass is 347 g/mol. The zero-order chi connectivity index (χ0) is 17.0. The van der Waals surface area contributed by atoms with Gasteiger partial charge in [0, 0.05) is 0 Å². The molecule has 126 valence electrons. The third-order valence-electron chi connectivity index (χ3n) is 3.45. The molecule has 0 bridgehead atoms. The van der Waals surface area contributed by atoms with Gasteiger partial charge in [0.15, 0.2) is 11.5 Å². The van der Waals surface area contributed by atoms with Gasteiger partial charge in [-0.25, -0.2) is 4.57 Å². The fourth-order valence-corrected chi connectivity index (χ4v) is 3.94. The molecule has 3 rings (SSSR count). The second kappa shape index (κ2) is 7.07. The fourth-order valence-electron chi connectivity index (χ4n) is 2.40. The van der Waals surface area contributed by atoms with Gasteiger partial charge in [0.1, 0.15) is 6.04 Å². The van der Waals surface area contributed by atoms with Gasteiger partial charge in [-0.1, -0.05) is 42.5 Å². The molecular formula is C17H18NO5P. The van der Waals surface area contributed by atoms with Crippen molar-refractivity contribution in [1.29, 1.82) is 0 Å². The number of benzene rings is 2. The van der Waals surface area contributed by atoms with Crippen LogP contribution in [0, 0.1) is 0 Å². The number of para-hydroxylation sites is 2. The molecule has 7 heteroatoms. The molecule has 0 aromatic heterocycles. The lowest BCUT2D eigenvalue weighted by molar-refractivity contribution is -0.145. The number of carbonyl (C=O) groups excluding carboxylic acids is 1. The fraction of sp³-hybridized carbons (Fsp3) is 0.235. The molecule has 6 nitrogen and oxygen atoms in total. The van der Waals surface area contributed by atoms with Crippen LogP contribution in [-0.4, -0.2) is 18.6 Å². The van der Waals surface area contributed by atoms with E-state index in [0.29, 0.717) is 17.9 Å². The lowest BCUT2D eigenvalue weighted by atomic mass is 10.1. The highest BCUT2D eigenvalue weighted by molar-refractivity contribution is 7.52. The Kier molecular flexibility index (Phi) is 4.88. The largest absolute Gasteiger partial charge is 0.513 e. The van der Waals surface area contributed by atoms with Crippen molar-refractivity contribution in [2.45, 2.75) is 19.4 Å². The molecule has 1 aliphatic rings. The number of ether oxygens (including phenoxy) is 1. The minimum absolute atomic E-state index is 0.234. The predicted molar refractivity (Wildman–Crippen MR) is 89.0 cm³/mol. The number of nitrogens with one attached hydrogen (secondary N) is 1. The number of fused-ring (bicyclic) bond motifs is 1. The standard InChI is InChI=1S/C17H18NO5P/c1-2-21-17(19)14(12-13-8-4-3-5-9-13)18-24(20)22-15-10-6-7-11-16(15)23-24/h3-11,14H,2,12H2,1H3,(H,18,20)/t14-/m0/s1. The molecule has 0 radical (unpaired) electrons. The van der Waals surface area contributed by atoms with Gasteiger partial charge in [0.25, 0.3) is 0 Å². The van der Waals surface area contributed by atoms with E-state index >= 15 is 0 Å². The zero-order valence-corrected chi connectivity index (χ0v) is 14.1. The van der Waals surface area contributed by atoms with Crippen molar-refractivity contribution in [2.24, 2.45) is 0 Å². The van der Waals surface area contributed by atoms with Crippen LogP contribution in [0.5, 0.6) is 11.5 Å². The van der Waals surface area contributed by atoms with Crippen molar-refractivity contribution in [3.05, 3.63) is 60.2 Å². The molecule has 2 aromatic carbocycles. The van der Waals surface area contributed by atoms with Crippen LogP contribution in [0.25, 0.3) is 0 Å². The Morgan fingerprint density at radius 2 is 1.67 bits per heavy atom. The van der Waals surface area contributed by atoms with Crippen LogP contribution in [0.4, 0.5) is 0 Å². The van der Waals surface area contributed by atoms with Crippen molar-refractivity contribution >= 4 is 13.7 Å². The highest BCUT2D eigenvalue weighted by Crippen LogP contribution is 2.55. The smallest absolute Gasteiger partial charge is 0.465 e. The Balaban J connectivity index is 1.77. The van der Waals surface area contributed by atoms with Crippen molar-refractivity contribution in [3.8, 4) is 11.5 Å². The molecule has 0 saturated carbocycles. The molecule has 1 aliphatic heterocycles. The normalized spacial score (nSPS) is 15.7. The summed E-state index contributed by atoms with van der Waals surface area (Å²) in [6, 6.07) is 15.4. The molecule has 0 aliphatic carbocycles. The molecule has 0 unspecified atom stereocenters. The average molecular weight is 347 g/mol. The summed E-state index contributed by atoms with van der Waals surface area (Å²) in [7, 11) is -3.67. The summed E-state index contributed by atoms with van der Waals surface area (Å²) in [5.41, 5.74) is 0.909. The summed E-state index contributed by atoms with van der Waals surface area (Å²) in [6.45, 7) is 1.95. The van der Waals surface area contributed by atoms with Crippen LogP contribution in [0.3, 0.4) is 0 Å². The van der Waals surface area contributed by atoms with Gasteiger partial charge < -0.3 is 13.8 Å². The molecule has 1 atom stereocenters. The summed E-state index contributed by atoms with van der Waals surface area (Å²) >= 11 is 0. The minimum atomic E-state index is -3.67. The summed E-state index contributed by atoms with van der Waals surface area (Å²) in [5, 5.41) is 2.71. The Hall–Kier alpha value is -2.30. The third kappa shape index (κ3) is 3.78. The summed E-state index contributed by atoms with van der Waals surface area (Å²) in [5.74, 6) is 0.269. The molecule has 0 saturated heterocycles. The Morgan fingerprint density at radius 3 is 2.25 bits per heavy atom. The first-order valence-corrected chi connectivity index (χ1v) is 9.20. The number of rotatable bonds is 6. The van der Waals surface area contributed by atoms with Gasteiger partial charge in [-0.3, -0.25) is 4.79 Å². The molecule has 1 heterocycles. The van der Waals surface area contributed by atoms with Gasteiger partial charge in [0.05, 0.1) is 6.61 Å². The van der Waals surface area contributed by atoms with E-state index < -0.39 is 19.8 Å². The SMILES string of the molecule is CCOC(=O)[C@H](Cc1ccccc1)NP1(=O)Oc2ccccc2O1. The van der Waals surface area contributed by atoms with Gasteiger partial charge in [-0.2, -0.15) is 5.09 Å². The molecule has 0 amide bonds. The summed E-state index contributed by atoms with van der Waals surface area (Å²) in [4.78, 5) is 12.2. The molecule has 1 N–H and O–H groups in total. The summed E-state index contributed by atoms with van der Waals surface area (Å²) < 4.78 is 28.7. The van der Waals surface area contributed by atoms with Crippen LogP contribution >= 0.6 is 7.75 Å². The van der Waals surface area contributed by atoms with E-state index in [0.717, 1.165) is 5.56 Å². The lowest BCUT2D eigenvalue weighted by Gasteiger charge is -2.19. The Labute approximate surface area is 140 Å². The second-order valence-corrected chi connectivity index (χ2v) is 6.87. The molecular weight excluding hydrogens is 329 g/mol. The Bertz CT molecular complexity index is 736. The first-order chi connectivity index (χ1) is 11.6. The number of carbonyl (C=O) groups is 1. The van der Waals surface area contributed by atoms with Crippen LogP contribution in [0.2, 0.25) is 0 Å². The minimum Gasteiger partial charge on any atom is -0.465 e. The van der Waals surface area contributed by atoms with E-state index in [9.17, 15) is 9.36 Å². The maximum atomic E-state index is 12.8. The Morgan fingerprint density at radius 1 is 1.08 bits per heavy atom.